The van der Waals surface area contributed by atoms with Gasteiger partial charge in [-0.25, -0.2) is 0 Å². The smallest absolute Gasteiger partial charge is 0.496 e. The zero-order valence-electron chi connectivity index (χ0n) is 13.2. The molecule has 1 unspecified atom stereocenters. The molecule has 0 aliphatic carbocycles. The zero-order chi connectivity index (χ0) is 18.6. The van der Waals surface area contributed by atoms with Crippen LogP contribution in [0.15, 0.2) is 42.5 Å². The largest absolute Gasteiger partial charge is 0.573 e. The Morgan fingerprint density at radius 1 is 1.20 bits per heavy atom. The number of alkyl halides is 3. The number of carboxylic acid groups (broad SMARTS) is 1. The fourth-order valence-corrected chi connectivity index (χ4v) is 2.32. The van der Waals surface area contributed by atoms with Crippen LogP contribution in [0.3, 0.4) is 0 Å². The second-order valence-corrected chi connectivity index (χ2v) is 5.24. The van der Waals surface area contributed by atoms with E-state index in [0.29, 0.717) is 22.4 Å². The highest BCUT2D eigenvalue weighted by Gasteiger charge is 2.31. The van der Waals surface area contributed by atoms with E-state index in [2.05, 4.69) is 4.74 Å². The monoisotopic (exact) mass is 355 g/mol. The molecule has 0 fully saturated rings. The van der Waals surface area contributed by atoms with Gasteiger partial charge in [-0.05, 0) is 35.4 Å². The van der Waals surface area contributed by atoms with Crippen molar-refractivity contribution in [3.05, 3.63) is 48.0 Å². The molecule has 2 rings (SSSR count). The van der Waals surface area contributed by atoms with Gasteiger partial charge in [0.2, 0.25) is 0 Å². The average molecular weight is 355 g/mol. The first-order chi connectivity index (χ1) is 11.7. The van der Waals surface area contributed by atoms with Gasteiger partial charge in [-0.3, -0.25) is 4.79 Å². The predicted octanol–water partition coefficient (Wildman–Crippen LogP) is 3.74. The second-order valence-electron chi connectivity index (χ2n) is 5.24. The molecule has 8 heteroatoms. The molecule has 5 nitrogen and oxygen atoms in total. The van der Waals surface area contributed by atoms with Gasteiger partial charge in [-0.1, -0.05) is 18.2 Å². The minimum atomic E-state index is -4.76. The van der Waals surface area contributed by atoms with Crippen molar-refractivity contribution < 1.29 is 32.5 Å². The summed E-state index contributed by atoms with van der Waals surface area (Å²) >= 11 is 0. The standard InChI is InChI=1S/C17H16F3NO4/c1-24-15-7-4-11(14(21)9-16(22)23)8-13(15)10-2-5-12(6-3-10)25-17(18,19)20/h2-8,14H,9,21H2,1H3,(H,22,23). The van der Waals surface area contributed by atoms with Crippen LogP contribution in [0.5, 0.6) is 11.5 Å². The molecule has 0 radical (unpaired) electrons. The van der Waals surface area contributed by atoms with E-state index in [4.69, 9.17) is 15.6 Å². The second kappa shape index (κ2) is 7.43. The first kappa shape index (κ1) is 18.6. The van der Waals surface area contributed by atoms with Crippen LogP contribution < -0.4 is 15.2 Å². The van der Waals surface area contributed by atoms with E-state index in [1.165, 1.54) is 31.4 Å². The van der Waals surface area contributed by atoms with Crippen LogP contribution in [-0.4, -0.2) is 24.5 Å². The molecule has 0 aromatic heterocycles. The van der Waals surface area contributed by atoms with Crippen molar-refractivity contribution in [3.8, 4) is 22.6 Å². The van der Waals surface area contributed by atoms with Crippen LogP contribution in [0.2, 0.25) is 0 Å². The van der Waals surface area contributed by atoms with Gasteiger partial charge in [-0.2, -0.15) is 0 Å². The fourth-order valence-electron chi connectivity index (χ4n) is 2.32. The van der Waals surface area contributed by atoms with Crippen molar-refractivity contribution in [1.29, 1.82) is 0 Å². The Kier molecular flexibility index (Phi) is 5.53. The molecule has 0 spiro atoms. The molecular formula is C17H16F3NO4. The third-order valence-electron chi connectivity index (χ3n) is 3.45. The third-order valence-corrected chi connectivity index (χ3v) is 3.45. The number of ether oxygens (including phenoxy) is 2. The van der Waals surface area contributed by atoms with Crippen molar-refractivity contribution in [3.63, 3.8) is 0 Å². The van der Waals surface area contributed by atoms with Gasteiger partial charge < -0.3 is 20.3 Å². The minimum absolute atomic E-state index is 0.246. The summed E-state index contributed by atoms with van der Waals surface area (Å²) in [4.78, 5) is 10.8. The Morgan fingerprint density at radius 3 is 2.36 bits per heavy atom. The number of nitrogens with two attached hydrogens (primary N) is 1. The molecule has 0 saturated heterocycles. The predicted molar refractivity (Wildman–Crippen MR) is 84.3 cm³/mol. The maximum absolute atomic E-state index is 12.2. The summed E-state index contributed by atoms with van der Waals surface area (Å²) < 4.78 is 45.8. The van der Waals surface area contributed by atoms with Gasteiger partial charge >= 0.3 is 12.3 Å². The summed E-state index contributed by atoms with van der Waals surface area (Å²) in [6.45, 7) is 0. The van der Waals surface area contributed by atoms with Crippen molar-refractivity contribution in [2.75, 3.05) is 7.11 Å². The molecule has 0 bridgehead atoms. The third kappa shape index (κ3) is 5.12. The highest BCUT2D eigenvalue weighted by Crippen LogP contribution is 2.34. The number of rotatable bonds is 6. The molecular weight excluding hydrogens is 339 g/mol. The lowest BCUT2D eigenvalue weighted by molar-refractivity contribution is -0.274. The Labute approximate surface area is 141 Å². The van der Waals surface area contributed by atoms with E-state index in [1.54, 1.807) is 18.2 Å². The summed E-state index contributed by atoms with van der Waals surface area (Å²) in [6, 6.07) is 9.50. The van der Waals surface area contributed by atoms with Crippen LogP contribution in [-0.2, 0) is 4.79 Å². The van der Waals surface area contributed by atoms with E-state index < -0.39 is 18.4 Å². The van der Waals surface area contributed by atoms with Crippen LogP contribution in [0, 0.1) is 0 Å². The Morgan fingerprint density at radius 2 is 1.84 bits per heavy atom. The lowest BCUT2D eigenvalue weighted by atomic mass is 9.97. The number of hydrogen-bond acceptors (Lipinski definition) is 4. The van der Waals surface area contributed by atoms with Crippen LogP contribution in [0.4, 0.5) is 13.2 Å². The minimum Gasteiger partial charge on any atom is -0.496 e. The van der Waals surface area contributed by atoms with Crippen molar-refractivity contribution in [2.24, 2.45) is 5.73 Å². The van der Waals surface area contributed by atoms with Gasteiger partial charge in [0, 0.05) is 11.6 Å². The summed E-state index contributed by atoms with van der Waals surface area (Å²) in [5.41, 5.74) is 7.60. The maximum Gasteiger partial charge on any atom is 0.573 e. The molecule has 0 aliphatic rings. The van der Waals surface area contributed by atoms with Crippen LogP contribution in [0.1, 0.15) is 18.0 Å². The quantitative estimate of drug-likeness (QED) is 0.825. The van der Waals surface area contributed by atoms with E-state index in [1.807, 2.05) is 0 Å². The highest BCUT2D eigenvalue weighted by atomic mass is 19.4. The SMILES string of the molecule is COc1ccc(C(N)CC(=O)O)cc1-c1ccc(OC(F)(F)F)cc1. The summed E-state index contributed by atoms with van der Waals surface area (Å²) in [7, 11) is 1.46. The topological polar surface area (TPSA) is 81.8 Å². The highest BCUT2D eigenvalue weighted by molar-refractivity contribution is 5.73. The maximum atomic E-state index is 12.2. The molecule has 1 atom stereocenters. The molecule has 0 heterocycles. The number of carbonyl (C=O) groups is 1. The molecule has 0 amide bonds. The van der Waals surface area contributed by atoms with Gasteiger partial charge in [0.25, 0.3) is 0 Å². The number of methoxy groups -OCH3 is 1. The van der Waals surface area contributed by atoms with E-state index in [0.717, 1.165) is 0 Å². The number of aliphatic carboxylic acids is 1. The Hall–Kier alpha value is -2.74. The summed E-state index contributed by atoms with van der Waals surface area (Å²) in [6.07, 6.45) is -5.01. The summed E-state index contributed by atoms with van der Waals surface area (Å²) in [5.74, 6) is -0.886. The molecule has 25 heavy (non-hydrogen) atoms. The molecule has 134 valence electrons. The van der Waals surface area contributed by atoms with Gasteiger partial charge in [-0.15, -0.1) is 13.2 Å². The lowest BCUT2D eigenvalue weighted by Crippen LogP contribution is -2.17. The first-order valence-corrected chi connectivity index (χ1v) is 7.21. The normalized spacial score (nSPS) is 12.5. The number of hydrogen-bond donors (Lipinski definition) is 2. The van der Waals surface area contributed by atoms with Gasteiger partial charge in [0.05, 0.1) is 13.5 Å². The Bertz CT molecular complexity index is 745. The van der Waals surface area contributed by atoms with Crippen LogP contribution in [0.25, 0.3) is 11.1 Å². The molecule has 0 aliphatic heterocycles. The van der Waals surface area contributed by atoms with E-state index in [-0.39, 0.29) is 12.2 Å². The van der Waals surface area contributed by atoms with Crippen LogP contribution >= 0.6 is 0 Å². The Balaban J connectivity index is 2.34. The number of carboxylic acids is 1. The first-order valence-electron chi connectivity index (χ1n) is 7.21. The number of halogens is 3. The molecule has 3 N–H and O–H groups in total. The van der Waals surface area contributed by atoms with E-state index in [9.17, 15) is 18.0 Å². The van der Waals surface area contributed by atoms with Crippen molar-refractivity contribution >= 4 is 5.97 Å². The molecule has 2 aromatic rings. The fraction of sp³-hybridized carbons (Fsp3) is 0.235. The molecule has 2 aromatic carbocycles. The van der Waals surface area contributed by atoms with Crippen molar-refractivity contribution in [1.82, 2.24) is 0 Å². The zero-order valence-corrected chi connectivity index (χ0v) is 13.2. The number of benzene rings is 2. The summed E-state index contributed by atoms with van der Waals surface area (Å²) in [5, 5.41) is 8.85. The van der Waals surface area contributed by atoms with Crippen molar-refractivity contribution in [2.45, 2.75) is 18.8 Å². The lowest BCUT2D eigenvalue weighted by Gasteiger charge is -2.15. The van der Waals surface area contributed by atoms with Gasteiger partial charge in [0.1, 0.15) is 11.5 Å². The van der Waals surface area contributed by atoms with Gasteiger partial charge in [0.15, 0.2) is 0 Å². The van der Waals surface area contributed by atoms with E-state index >= 15 is 0 Å². The molecule has 0 saturated carbocycles. The average Bonchev–Trinajstić information content (AvgIpc) is 2.53.